The van der Waals surface area contributed by atoms with E-state index in [1.54, 1.807) is 0 Å². The van der Waals surface area contributed by atoms with Crippen LogP contribution in [0.2, 0.25) is 0 Å². The third-order valence-electron chi connectivity index (χ3n) is 0. The van der Waals surface area contributed by atoms with Gasteiger partial charge in [0.15, 0.2) is 17.4 Å². The molecule has 0 atom stereocenters. The molecule has 0 fully saturated rings. The van der Waals surface area contributed by atoms with Crippen LogP contribution in [0.15, 0.2) is 0 Å². The Balaban J connectivity index is 0. The quantitative estimate of drug-likeness (QED) is 0.386. The van der Waals surface area contributed by atoms with Crippen LogP contribution in [0.4, 0.5) is 0 Å². The van der Waals surface area contributed by atoms with Crippen LogP contribution in [0.3, 0.4) is 0 Å². The normalized spacial score (nSPS) is 0. The second-order valence-electron chi connectivity index (χ2n) is 0. The molecule has 0 N–H and O–H groups in total. The molecule has 0 rings (SSSR count). The molecule has 0 nitrogen and oxygen atoms in total. The predicted molar refractivity (Wildman–Crippen MR) is 39.2 cm³/mol. The number of hydrogen-bond donors (Lipinski definition) is 0. The average molecular weight is 252 g/mol. The monoisotopic (exact) mass is 252 g/mol. The van der Waals surface area contributed by atoms with E-state index in [1.807, 2.05) is 0 Å². The summed E-state index contributed by atoms with van der Waals surface area (Å²) in [4.78, 5) is 0. The Labute approximate surface area is 85.7 Å². The van der Waals surface area contributed by atoms with Gasteiger partial charge in [0, 0.05) is 0 Å². The maximum atomic E-state index is 0. The van der Waals surface area contributed by atoms with Crippen LogP contribution in [0.25, 0.3) is 0 Å². The van der Waals surface area contributed by atoms with Gasteiger partial charge in [0.2, 0.25) is 0 Å². The summed E-state index contributed by atoms with van der Waals surface area (Å²) < 4.78 is 0. The van der Waals surface area contributed by atoms with Crippen LogP contribution in [-0.4, -0.2) is 84.1 Å². The summed E-state index contributed by atoms with van der Waals surface area (Å²) in [5.74, 6) is 0. The van der Waals surface area contributed by atoms with Gasteiger partial charge in [0.1, 0.15) is 0 Å². The maximum absolute atomic E-state index is 0. The zero-order valence-corrected chi connectivity index (χ0v) is 2.12. The fraction of sp³-hybridized carbons (Fsp3) is 0. The molecule has 4 heteroatoms. The van der Waals surface area contributed by atoms with Crippen molar-refractivity contribution < 1.29 is 2.85 Å². The van der Waals surface area contributed by atoms with Crippen molar-refractivity contribution in [1.82, 2.24) is 0 Å². The third kappa shape index (κ3) is 8.83. The van der Waals surface area contributed by atoms with Gasteiger partial charge in [0.05, 0.1) is 0 Å². The van der Waals surface area contributed by atoms with Gasteiger partial charge in [-0.1, -0.05) is 0 Å². The fourth-order valence-electron chi connectivity index (χ4n) is 0. The van der Waals surface area contributed by atoms with Gasteiger partial charge < -0.3 is 2.85 Å². The van der Waals surface area contributed by atoms with E-state index in [0.717, 1.165) is 0 Å². The fourth-order valence-corrected chi connectivity index (χ4v) is 0. The Kier molecular flexibility index (Phi) is 127. The van der Waals surface area contributed by atoms with E-state index in [9.17, 15) is 0 Å². The topological polar surface area (TPSA) is 0 Å². The van der Waals surface area contributed by atoms with Crippen molar-refractivity contribution in [2.75, 3.05) is 0 Å². The number of hydrogen-bond acceptors (Lipinski definition) is 0. The molecule has 0 aromatic rings. The molecule has 0 bridgehead atoms. The first-order valence-electron chi connectivity index (χ1n) is 0. The Hall–Kier alpha value is 2.73. The van der Waals surface area contributed by atoms with E-state index < -0.39 is 0 Å². The van der Waals surface area contributed by atoms with Crippen LogP contribution in [0.5, 0.6) is 0 Å². The molecule has 0 aromatic carbocycles. The zero-order valence-electron chi connectivity index (χ0n) is 2.71. The van der Waals surface area contributed by atoms with Gasteiger partial charge >= 0.3 is 66.8 Å². The minimum atomic E-state index is 0. The molecule has 0 spiro atoms. The van der Waals surface area contributed by atoms with Gasteiger partial charge in [-0.05, 0) is 0 Å². The molecule has 0 aliphatic rings. The molecule has 0 heterocycles. The van der Waals surface area contributed by atoms with E-state index in [2.05, 4.69) is 0 Å². The van der Waals surface area contributed by atoms with Crippen molar-refractivity contribution in [2.45, 2.75) is 0 Å². The Bertz CT molecular complexity index is 13.5. The summed E-state index contributed by atoms with van der Waals surface area (Å²) in [6.45, 7) is 0. The molecule has 0 radical (unpaired) electrons. The van der Waals surface area contributed by atoms with E-state index in [0.29, 0.717) is 0 Å². The summed E-state index contributed by atoms with van der Waals surface area (Å²) >= 11 is 0. The second kappa shape index (κ2) is 17.2. The number of rotatable bonds is 0. The Morgan fingerprint density at radius 2 is 1.25 bits per heavy atom. The van der Waals surface area contributed by atoms with E-state index >= 15 is 0 Å². The summed E-state index contributed by atoms with van der Waals surface area (Å²) in [5.41, 5.74) is 0. The van der Waals surface area contributed by atoms with Crippen LogP contribution < -0.4 is 0 Å². The van der Waals surface area contributed by atoms with Gasteiger partial charge in [-0.3, -0.25) is 0 Å². The summed E-state index contributed by atoms with van der Waals surface area (Å²) in [5, 5.41) is 0. The van der Waals surface area contributed by atoms with Gasteiger partial charge in [-0.2, -0.15) is 0 Å². The first-order valence-corrected chi connectivity index (χ1v) is 0. The van der Waals surface area contributed by atoms with Crippen molar-refractivity contribution in [2.24, 2.45) is 0 Å². The molecule has 0 aliphatic carbocycles. The Morgan fingerprint density at radius 3 is 1.25 bits per heavy atom. The van der Waals surface area contributed by atoms with Gasteiger partial charge in [-0.25, -0.2) is 0 Å². The Morgan fingerprint density at radius 1 is 1.25 bits per heavy atom. The SMILES string of the molecule is [AlH3].[GaH3].[H-].[H-].[Mg+2].[SnH4]. The molecule has 0 aliphatic heterocycles. The predicted octanol–water partition coefficient (Wildman–Crippen LogP) is -3.98. The van der Waals surface area contributed by atoms with Crippen LogP contribution in [0, 0.1) is 0 Å². The van der Waals surface area contributed by atoms with Crippen molar-refractivity contribution in [3.8, 4) is 0 Å². The van der Waals surface area contributed by atoms with Crippen molar-refractivity contribution in [1.29, 1.82) is 0 Å². The summed E-state index contributed by atoms with van der Waals surface area (Å²) in [6.07, 6.45) is 0. The van der Waals surface area contributed by atoms with Crippen LogP contribution in [-0.2, 0) is 0 Å². The van der Waals surface area contributed by atoms with Crippen molar-refractivity contribution >= 4 is 84.1 Å². The molecule has 0 saturated carbocycles. The standard InChI is InChI=1S/Al.Ga.Mg.Sn.12H/q;;+2;;;;;;;;;;;;2*-1. The van der Waals surface area contributed by atoms with Crippen LogP contribution in [0.1, 0.15) is 2.85 Å². The van der Waals surface area contributed by atoms with E-state index in [4.69, 9.17) is 0 Å². The molecule has 0 amide bonds. The molecule has 4 heavy (non-hydrogen) atoms. The third-order valence-corrected chi connectivity index (χ3v) is 0. The summed E-state index contributed by atoms with van der Waals surface area (Å²) in [6, 6.07) is 0. The molecule has 0 aromatic heterocycles. The minimum absolute atomic E-state index is 0. The molecular formula is H12AlGaMgSn. The van der Waals surface area contributed by atoms with Crippen molar-refractivity contribution in [3.05, 3.63) is 0 Å². The van der Waals surface area contributed by atoms with Crippen molar-refractivity contribution in [3.63, 3.8) is 0 Å². The zero-order chi connectivity index (χ0) is 0. The van der Waals surface area contributed by atoms with Gasteiger partial charge in [-0.15, -0.1) is 0 Å². The van der Waals surface area contributed by atoms with E-state index in [1.165, 1.54) is 0 Å². The second-order valence-corrected chi connectivity index (χ2v) is 0. The van der Waals surface area contributed by atoms with Crippen LogP contribution >= 0.6 is 0 Å². The van der Waals surface area contributed by atoms with E-state index in [-0.39, 0.29) is 87.0 Å². The van der Waals surface area contributed by atoms with Gasteiger partial charge in [0.25, 0.3) is 0 Å². The average Bonchev–Trinajstić information content (AvgIpc) is 0. The molecular weight excluding hydrogens is 240 g/mol. The molecule has 24 valence electrons. The first kappa shape index (κ1) is 29.6. The summed E-state index contributed by atoms with van der Waals surface area (Å²) in [7, 11) is 0. The first-order chi connectivity index (χ1) is 0. The molecule has 0 saturated heterocycles. The molecule has 0 unspecified atom stereocenters.